The van der Waals surface area contributed by atoms with Crippen molar-refractivity contribution in [3.05, 3.63) is 23.2 Å². The number of rotatable bonds is 5. The van der Waals surface area contributed by atoms with Gasteiger partial charge in [-0.3, -0.25) is 0 Å². The van der Waals surface area contributed by atoms with Gasteiger partial charge in [0.25, 0.3) is 6.29 Å². The fourth-order valence-corrected chi connectivity index (χ4v) is 1.71. The minimum absolute atomic E-state index is 0.195. The van der Waals surface area contributed by atoms with Crippen LogP contribution in [0, 0.1) is 5.92 Å². The smallest absolute Gasteiger partial charge is 0.260 e. The number of ether oxygens (including phenoxy) is 2. The average molecular weight is 224 g/mol. The van der Waals surface area contributed by atoms with Gasteiger partial charge in [0.15, 0.2) is 0 Å². The van der Waals surface area contributed by atoms with Crippen LogP contribution < -0.4 is 0 Å². The Balaban J connectivity index is 2.30. The molecular weight excluding hydrogens is 200 g/mol. The summed E-state index contributed by atoms with van der Waals surface area (Å²) in [5.41, 5.74) is 1.35. The molecule has 0 aliphatic carbocycles. The zero-order chi connectivity index (χ0) is 12.1. The maximum absolute atomic E-state index is 5.55. The summed E-state index contributed by atoms with van der Waals surface area (Å²) >= 11 is 0. The van der Waals surface area contributed by atoms with Crippen LogP contribution in [0.2, 0.25) is 0 Å². The normalized spacial score (nSPS) is 18.0. The van der Waals surface area contributed by atoms with Crippen LogP contribution in [0.5, 0.6) is 0 Å². The zero-order valence-corrected chi connectivity index (χ0v) is 11.2. The SMILES string of the molecule is CC(=CC1OC(C)=C(C)O1)CCCC(C)C. The molecule has 1 aliphatic rings. The predicted octanol–water partition coefficient (Wildman–Crippen LogP) is 4.38. The molecule has 0 amide bonds. The standard InChI is InChI=1S/C14H24O2/c1-10(2)7-6-8-11(3)9-14-15-12(4)13(5)16-14/h9-10,14H,6-8H2,1-5H3. The van der Waals surface area contributed by atoms with Crippen molar-refractivity contribution in [1.82, 2.24) is 0 Å². The Bertz CT molecular complexity index is 273. The van der Waals surface area contributed by atoms with Crippen molar-refractivity contribution in [2.75, 3.05) is 0 Å². The molecule has 0 N–H and O–H groups in total. The van der Waals surface area contributed by atoms with Crippen molar-refractivity contribution in [1.29, 1.82) is 0 Å². The molecule has 1 rings (SSSR count). The summed E-state index contributed by atoms with van der Waals surface area (Å²) in [6.07, 6.45) is 5.56. The molecule has 0 radical (unpaired) electrons. The van der Waals surface area contributed by atoms with E-state index in [1.165, 1.54) is 18.4 Å². The van der Waals surface area contributed by atoms with E-state index >= 15 is 0 Å². The van der Waals surface area contributed by atoms with Crippen LogP contribution in [0.3, 0.4) is 0 Å². The van der Waals surface area contributed by atoms with Gasteiger partial charge in [-0.1, -0.05) is 25.8 Å². The second kappa shape index (κ2) is 5.97. The molecule has 0 saturated heterocycles. The molecule has 0 aromatic carbocycles. The Morgan fingerprint density at radius 2 is 1.81 bits per heavy atom. The van der Waals surface area contributed by atoms with E-state index in [0.717, 1.165) is 23.9 Å². The van der Waals surface area contributed by atoms with E-state index in [1.807, 2.05) is 13.8 Å². The van der Waals surface area contributed by atoms with Crippen LogP contribution in [0.1, 0.15) is 53.9 Å². The summed E-state index contributed by atoms with van der Waals surface area (Å²) in [6, 6.07) is 0. The van der Waals surface area contributed by atoms with Gasteiger partial charge in [-0.25, -0.2) is 0 Å². The van der Waals surface area contributed by atoms with E-state index in [9.17, 15) is 0 Å². The van der Waals surface area contributed by atoms with Crippen LogP contribution >= 0.6 is 0 Å². The second-order valence-electron chi connectivity index (χ2n) is 5.02. The fraction of sp³-hybridized carbons (Fsp3) is 0.714. The lowest BCUT2D eigenvalue weighted by Gasteiger charge is -2.09. The summed E-state index contributed by atoms with van der Waals surface area (Å²) in [7, 11) is 0. The third-order valence-electron chi connectivity index (χ3n) is 2.85. The van der Waals surface area contributed by atoms with Crippen molar-refractivity contribution in [2.45, 2.75) is 60.2 Å². The highest BCUT2D eigenvalue weighted by atomic mass is 16.7. The Hall–Kier alpha value is -0.920. The van der Waals surface area contributed by atoms with Gasteiger partial charge in [0, 0.05) is 0 Å². The Morgan fingerprint density at radius 3 is 2.31 bits per heavy atom. The maximum Gasteiger partial charge on any atom is 0.260 e. The third kappa shape index (κ3) is 4.30. The van der Waals surface area contributed by atoms with Gasteiger partial charge < -0.3 is 9.47 Å². The molecule has 0 atom stereocenters. The van der Waals surface area contributed by atoms with Gasteiger partial charge in [-0.15, -0.1) is 0 Å². The maximum atomic E-state index is 5.55. The van der Waals surface area contributed by atoms with E-state index in [1.54, 1.807) is 0 Å². The van der Waals surface area contributed by atoms with Crippen LogP contribution in [-0.4, -0.2) is 6.29 Å². The first-order valence-corrected chi connectivity index (χ1v) is 6.17. The Labute approximate surface area is 99.3 Å². The summed E-state index contributed by atoms with van der Waals surface area (Å²) < 4.78 is 11.1. The summed E-state index contributed by atoms with van der Waals surface area (Å²) in [4.78, 5) is 0. The van der Waals surface area contributed by atoms with Crippen molar-refractivity contribution in [3.8, 4) is 0 Å². The minimum atomic E-state index is -0.195. The zero-order valence-electron chi connectivity index (χ0n) is 11.2. The molecule has 92 valence electrons. The molecule has 0 spiro atoms. The van der Waals surface area contributed by atoms with Crippen molar-refractivity contribution in [3.63, 3.8) is 0 Å². The summed E-state index contributed by atoms with van der Waals surface area (Å²) in [6.45, 7) is 10.6. The number of hydrogen-bond donors (Lipinski definition) is 0. The monoisotopic (exact) mass is 224 g/mol. The molecule has 1 aliphatic heterocycles. The fourth-order valence-electron chi connectivity index (χ4n) is 1.71. The van der Waals surface area contributed by atoms with E-state index in [-0.39, 0.29) is 6.29 Å². The quantitative estimate of drug-likeness (QED) is 0.645. The van der Waals surface area contributed by atoms with Crippen molar-refractivity contribution in [2.24, 2.45) is 5.92 Å². The molecule has 0 aromatic rings. The largest absolute Gasteiger partial charge is 0.452 e. The van der Waals surface area contributed by atoms with Gasteiger partial charge >= 0.3 is 0 Å². The first kappa shape index (κ1) is 13.1. The first-order chi connectivity index (χ1) is 7.49. The van der Waals surface area contributed by atoms with Crippen LogP contribution in [0.4, 0.5) is 0 Å². The van der Waals surface area contributed by atoms with Crippen LogP contribution in [-0.2, 0) is 9.47 Å². The molecule has 2 nitrogen and oxygen atoms in total. The number of allylic oxidation sites excluding steroid dienone is 3. The molecule has 1 heterocycles. The highest BCUT2D eigenvalue weighted by Crippen LogP contribution is 2.23. The lowest BCUT2D eigenvalue weighted by Crippen LogP contribution is -2.05. The molecule has 0 bridgehead atoms. The molecule has 2 heteroatoms. The molecule has 0 fully saturated rings. The lowest BCUT2D eigenvalue weighted by molar-refractivity contribution is 0.00119. The number of hydrogen-bond acceptors (Lipinski definition) is 2. The van der Waals surface area contributed by atoms with E-state index in [4.69, 9.17) is 9.47 Å². The van der Waals surface area contributed by atoms with E-state index in [2.05, 4.69) is 26.8 Å². The summed E-state index contributed by atoms with van der Waals surface area (Å²) in [5.74, 6) is 2.59. The van der Waals surface area contributed by atoms with Crippen molar-refractivity contribution < 1.29 is 9.47 Å². The second-order valence-corrected chi connectivity index (χ2v) is 5.02. The molecule has 16 heavy (non-hydrogen) atoms. The lowest BCUT2D eigenvalue weighted by atomic mass is 10.0. The topological polar surface area (TPSA) is 18.5 Å². The summed E-state index contributed by atoms with van der Waals surface area (Å²) in [5, 5.41) is 0. The van der Waals surface area contributed by atoms with Crippen LogP contribution in [0.15, 0.2) is 23.2 Å². The average Bonchev–Trinajstić information content (AvgIpc) is 2.44. The van der Waals surface area contributed by atoms with Gasteiger partial charge in [0.2, 0.25) is 0 Å². The van der Waals surface area contributed by atoms with Crippen LogP contribution in [0.25, 0.3) is 0 Å². The van der Waals surface area contributed by atoms with Gasteiger partial charge in [0.1, 0.15) is 11.5 Å². The molecule has 0 unspecified atom stereocenters. The highest BCUT2D eigenvalue weighted by molar-refractivity contribution is 5.07. The Morgan fingerprint density at radius 1 is 1.25 bits per heavy atom. The third-order valence-corrected chi connectivity index (χ3v) is 2.85. The highest BCUT2D eigenvalue weighted by Gasteiger charge is 2.18. The molecular formula is C14H24O2. The van der Waals surface area contributed by atoms with Gasteiger partial charge in [-0.2, -0.15) is 0 Å². The molecule has 0 aromatic heterocycles. The van der Waals surface area contributed by atoms with Gasteiger partial charge in [0.05, 0.1) is 0 Å². The van der Waals surface area contributed by atoms with E-state index in [0.29, 0.717) is 0 Å². The van der Waals surface area contributed by atoms with Crippen molar-refractivity contribution >= 4 is 0 Å². The minimum Gasteiger partial charge on any atom is -0.452 e. The van der Waals surface area contributed by atoms with Gasteiger partial charge in [-0.05, 0) is 45.6 Å². The van der Waals surface area contributed by atoms with E-state index < -0.39 is 0 Å². The first-order valence-electron chi connectivity index (χ1n) is 6.17. The molecule has 0 saturated carbocycles. The Kier molecular flexibility index (Phi) is 4.91. The predicted molar refractivity (Wildman–Crippen MR) is 66.8 cm³/mol.